The molecule has 0 bridgehead atoms. The Morgan fingerprint density at radius 1 is 1.03 bits per heavy atom. The first-order valence-corrected chi connectivity index (χ1v) is 10.5. The summed E-state index contributed by atoms with van der Waals surface area (Å²) < 4.78 is 11.3. The van der Waals surface area contributed by atoms with Crippen molar-refractivity contribution in [3.05, 3.63) is 105 Å². The van der Waals surface area contributed by atoms with Gasteiger partial charge in [0.2, 0.25) is 5.76 Å². The van der Waals surface area contributed by atoms with E-state index in [-0.39, 0.29) is 23.4 Å². The zero-order valence-electron chi connectivity index (χ0n) is 17.2. The van der Waals surface area contributed by atoms with Crippen molar-refractivity contribution >= 4 is 40.1 Å². The maximum atomic E-state index is 13.5. The number of primary amides is 1. The van der Waals surface area contributed by atoms with Gasteiger partial charge in [0, 0.05) is 10.7 Å². The molecule has 0 saturated heterocycles. The van der Waals surface area contributed by atoms with Gasteiger partial charge >= 0.3 is 0 Å². The number of carbonyl (C=O) groups excluding carboxylic acids is 2. The maximum Gasteiger partial charge on any atom is 0.295 e. The second-order valence-corrected chi connectivity index (χ2v) is 7.99. The van der Waals surface area contributed by atoms with Crippen molar-refractivity contribution in [1.82, 2.24) is 0 Å². The second kappa shape index (κ2) is 8.11. The number of hydrogen-bond acceptors (Lipinski definition) is 5. The summed E-state index contributed by atoms with van der Waals surface area (Å²) in [4.78, 5) is 39.5. The Kier molecular flexibility index (Phi) is 5.11. The van der Waals surface area contributed by atoms with E-state index in [1.165, 1.54) is 4.90 Å². The molecule has 1 aromatic heterocycles. The fourth-order valence-corrected chi connectivity index (χ4v) is 4.21. The van der Waals surface area contributed by atoms with E-state index in [0.29, 0.717) is 33.0 Å². The topological polar surface area (TPSA) is 103 Å². The molecule has 8 heteroatoms. The number of nitrogens with zero attached hydrogens (tertiary/aromatic N) is 1. The van der Waals surface area contributed by atoms with Gasteiger partial charge in [0.05, 0.1) is 17.0 Å². The van der Waals surface area contributed by atoms with Crippen LogP contribution in [-0.4, -0.2) is 18.4 Å². The summed E-state index contributed by atoms with van der Waals surface area (Å²) in [6, 6.07) is 19.7. The monoisotopic (exact) mass is 460 g/mol. The first kappa shape index (κ1) is 20.8. The van der Waals surface area contributed by atoms with Crippen LogP contribution in [0.15, 0.2) is 82.0 Å². The number of fused-ring (bicyclic) bond motifs is 2. The molecule has 1 aliphatic rings. The quantitative estimate of drug-likeness (QED) is 0.483. The minimum absolute atomic E-state index is 0.00210. The first-order valence-electron chi connectivity index (χ1n) is 10.1. The standard InChI is InChI=1S/C25H17ClN2O5/c26-15-4-3-5-16(12-15)28-22(14-8-10-17(11-9-14)32-13-20(27)29)21-23(30)18-6-1-2-7-19(18)33-24(21)25(28)31/h1-12,22H,13H2,(H2,27,29). The highest BCUT2D eigenvalue weighted by Gasteiger charge is 2.43. The van der Waals surface area contributed by atoms with E-state index in [1.807, 2.05) is 0 Å². The summed E-state index contributed by atoms with van der Waals surface area (Å²) in [5, 5.41) is 0.845. The van der Waals surface area contributed by atoms with Crippen molar-refractivity contribution in [2.24, 2.45) is 5.73 Å². The van der Waals surface area contributed by atoms with Gasteiger partial charge in [-0.2, -0.15) is 0 Å². The molecule has 164 valence electrons. The van der Waals surface area contributed by atoms with Crippen molar-refractivity contribution in [2.75, 3.05) is 11.5 Å². The summed E-state index contributed by atoms with van der Waals surface area (Å²) in [6.07, 6.45) is 0. The lowest BCUT2D eigenvalue weighted by Gasteiger charge is -2.25. The fraction of sp³-hybridized carbons (Fsp3) is 0.0800. The third-order valence-electron chi connectivity index (χ3n) is 5.44. The molecular weight excluding hydrogens is 444 g/mol. The van der Waals surface area contributed by atoms with Crippen LogP contribution in [0.4, 0.5) is 5.69 Å². The lowest BCUT2D eigenvalue weighted by molar-refractivity contribution is -0.119. The van der Waals surface area contributed by atoms with Gasteiger partial charge in [-0.05, 0) is 48.0 Å². The number of hydrogen-bond donors (Lipinski definition) is 1. The largest absolute Gasteiger partial charge is 0.484 e. The van der Waals surface area contributed by atoms with E-state index >= 15 is 0 Å². The lowest BCUT2D eigenvalue weighted by Crippen LogP contribution is -2.29. The predicted octanol–water partition coefficient (Wildman–Crippen LogP) is 4.06. The Labute approximate surface area is 192 Å². The van der Waals surface area contributed by atoms with Crippen molar-refractivity contribution in [1.29, 1.82) is 0 Å². The Balaban J connectivity index is 1.69. The van der Waals surface area contributed by atoms with Gasteiger partial charge in [0.1, 0.15) is 11.3 Å². The summed E-state index contributed by atoms with van der Waals surface area (Å²) in [7, 11) is 0. The predicted molar refractivity (Wildman–Crippen MR) is 124 cm³/mol. The molecule has 1 unspecified atom stereocenters. The molecule has 2 heterocycles. The van der Waals surface area contributed by atoms with E-state index in [2.05, 4.69) is 0 Å². The van der Waals surface area contributed by atoms with E-state index in [1.54, 1.807) is 72.8 Å². The van der Waals surface area contributed by atoms with Gasteiger partial charge in [-0.15, -0.1) is 0 Å². The number of halogens is 1. The molecular formula is C25H17ClN2O5. The van der Waals surface area contributed by atoms with E-state index in [0.717, 1.165) is 0 Å². The molecule has 2 amide bonds. The molecule has 0 aliphatic carbocycles. The highest BCUT2D eigenvalue weighted by molar-refractivity contribution is 6.31. The molecule has 0 fully saturated rings. The highest BCUT2D eigenvalue weighted by atomic mass is 35.5. The molecule has 1 atom stereocenters. The van der Waals surface area contributed by atoms with Crippen molar-refractivity contribution in [2.45, 2.75) is 6.04 Å². The van der Waals surface area contributed by atoms with E-state index < -0.39 is 17.9 Å². The Bertz CT molecular complexity index is 1460. The van der Waals surface area contributed by atoms with Gasteiger partial charge in [-0.25, -0.2) is 0 Å². The highest BCUT2D eigenvalue weighted by Crippen LogP contribution is 2.42. The number of para-hydroxylation sites is 1. The van der Waals surface area contributed by atoms with Gasteiger partial charge in [-0.1, -0.05) is 41.9 Å². The van der Waals surface area contributed by atoms with Gasteiger partial charge in [-0.3, -0.25) is 19.3 Å². The Hall–Kier alpha value is -4.10. The zero-order chi connectivity index (χ0) is 23.1. The van der Waals surface area contributed by atoms with Crippen molar-refractivity contribution in [3.8, 4) is 5.75 Å². The van der Waals surface area contributed by atoms with Crippen LogP contribution in [0.5, 0.6) is 5.75 Å². The number of nitrogens with two attached hydrogens (primary N) is 1. The molecule has 1 aliphatic heterocycles. The number of ether oxygens (including phenoxy) is 1. The second-order valence-electron chi connectivity index (χ2n) is 7.55. The average molecular weight is 461 g/mol. The van der Waals surface area contributed by atoms with Gasteiger partial charge < -0.3 is 14.9 Å². The molecule has 7 nitrogen and oxygen atoms in total. The maximum absolute atomic E-state index is 13.5. The molecule has 5 rings (SSSR count). The molecule has 0 spiro atoms. The fourth-order valence-electron chi connectivity index (χ4n) is 4.03. The Morgan fingerprint density at radius 3 is 2.52 bits per heavy atom. The van der Waals surface area contributed by atoms with Crippen molar-refractivity contribution in [3.63, 3.8) is 0 Å². The number of carbonyl (C=O) groups is 2. The molecule has 0 radical (unpaired) electrons. The van der Waals surface area contributed by atoms with Crippen LogP contribution in [0.1, 0.15) is 27.7 Å². The van der Waals surface area contributed by atoms with Crippen LogP contribution in [0, 0.1) is 0 Å². The zero-order valence-corrected chi connectivity index (χ0v) is 17.9. The molecule has 3 aromatic carbocycles. The van der Waals surface area contributed by atoms with Gasteiger partial charge in [0.15, 0.2) is 12.0 Å². The summed E-state index contributed by atoms with van der Waals surface area (Å²) >= 11 is 6.20. The normalized spacial score (nSPS) is 15.0. The van der Waals surface area contributed by atoms with Crippen LogP contribution < -0.4 is 20.8 Å². The van der Waals surface area contributed by atoms with E-state index in [9.17, 15) is 14.4 Å². The third kappa shape index (κ3) is 3.62. The number of anilines is 1. The summed E-state index contributed by atoms with van der Waals surface area (Å²) in [6.45, 7) is -0.256. The molecule has 2 N–H and O–H groups in total. The lowest BCUT2D eigenvalue weighted by atomic mass is 9.98. The summed E-state index contributed by atoms with van der Waals surface area (Å²) in [5.41, 5.74) is 6.65. The first-order chi connectivity index (χ1) is 15.9. The molecule has 4 aromatic rings. The number of amides is 2. The van der Waals surface area contributed by atoms with Crippen LogP contribution in [0.25, 0.3) is 11.0 Å². The van der Waals surface area contributed by atoms with Crippen LogP contribution in [0.2, 0.25) is 5.02 Å². The SMILES string of the molecule is NC(=O)COc1ccc(C2c3c(oc4ccccc4c3=O)C(=O)N2c2cccc(Cl)c2)cc1. The summed E-state index contributed by atoms with van der Waals surface area (Å²) in [5.74, 6) is -0.597. The third-order valence-corrected chi connectivity index (χ3v) is 5.68. The van der Waals surface area contributed by atoms with Crippen LogP contribution >= 0.6 is 11.6 Å². The van der Waals surface area contributed by atoms with Crippen LogP contribution in [0.3, 0.4) is 0 Å². The van der Waals surface area contributed by atoms with Crippen LogP contribution in [-0.2, 0) is 4.79 Å². The average Bonchev–Trinajstić information content (AvgIpc) is 3.11. The van der Waals surface area contributed by atoms with Crippen molar-refractivity contribution < 1.29 is 18.7 Å². The number of rotatable bonds is 5. The number of benzene rings is 3. The smallest absolute Gasteiger partial charge is 0.295 e. The molecule has 0 saturated carbocycles. The molecule has 33 heavy (non-hydrogen) atoms. The van der Waals surface area contributed by atoms with E-state index in [4.69, 9.17) is 26.5 Å². The van der Waals surface area contributed by atoms with Gasteiger partial charge in [0.25, 0.3) is 11.8 Å². The minimum atomic E-state index is -0.739. The Morgan fingerprint density at radius 2 is 1.79 bits per heavy atom. The minimum Gasteiger partial charge on any atom is -0.484 e.